The molecule has 0 fully saturated rings. The fourth-order valence-corrected chi connectivity index (χ4v) is 18.6. The molecule has 0 aliphatic carbocycles. The van der Waals surface area contributed by atoms with Crippen molar-refractivity contribution in [1.82, 2.24) is 0 Å². The third kappa shape index (κ3) is 21.9. The summed E-state index contributed by atoms with van der Waals surface area (Å²) >= 11 is 14.1. The van der Waals surface area contributed by atoms with E-state index in [1.165, 1.54) is 89.2 Å². The van der Waals surface area contributed by atoms with E-state index >= 15 is 0 Å². The molecule has 0 aromatic heterocycles. The van der Waals surface area contributed by atoms with Crippen molar-refractivity contribution in [3.8, 4) is 11.1 Å². The molecule has 0 unspecified atom stereocenters. The first-order valence-corrected chi connectivity index (χ1v) is 43.5. The first kappa shape index (κ1) is 76.7. The van der Waals surface area contributed by atoms with Crippen LogP contribution in [0.3, 0.4) is 0 Å². The van der Waals surface area contributed by atoms with Gasteiger partial charge in [-0.2, -0.15) is 0 Å². The van der Waals surface area contributed by atoms with Crippen molar-refractivity contribution in [1.29, 1.82) is 2.86 Å². The number of para-hydroxylation sites is 11. The lowest BCUT2D eigenvalue weighted by molar-refractivity contribution is 0.824. The summed E-state index contributed by atoms with van der Waals surface area (Å²) in [7, 11) is 7.44. The number of nitrogens with two attached hydrogens (primary N) is 2. The van der Waals surface area contributed by atoms with Crippen LogP contribution in [0.5, 0.6) is 0 Å². The molecular weight excluding hydrogens is 1730 g/mol. The lowest BCUT2D eigenvalue weighted by Crippen LogP contribution is -2.62. The van der Waals surface area contributed by atoms with Crippen LogP contribution < -0.4 is 63.3 Å². The van der Waals surface area contributed by atoms with Gasteiger partial charge in [0.25, 0.3) is 6.71 Å². The van der Waals surface area contributed by atoms with Crippen LogP contribution in [0.15, 0.2) is 491 Å². The minimum Gasteiger partial charge on any atom is -0.412 e. The maximum atomic E-state index is 5.75. The van der Waals surface area contributed by atoms with Gasteiger partial charge in [-0.1, -0.05) is 369 Å². The topological polar surface area (TPSA) is 99.7 Å². The molecule has 18 aromatic carbocycles. The van der Waals surface area contributed by atoms with E-state index in [0.29, 0.717) is 0 Å². The van der Waals surface area contributed by atoms with Crippen LogP contribution in [0, 0.1) is 7.43 Å². The second-order valence-corrected chi connectivity index (χ2v) is 32.9. The van der Waals surface area contributed by atoms with Crippen LogP contribution in [0.2, 0.25) is 0 Å². The highest BCUT2D eigenvalue weighted by atomic mass is 79.9. The molecule has 6 N–H and O–H groups in total. The smallest absolute Gasteiger partial charge is 0.252 e. The molecule has 14 heteroatoms. The highest BCUT2D eigenvalue weighted by molar-refractivity contribution is 9.11. The van der Waals surface area contributed by atoms with E-state index in [-0.39, 0.29) is 14.1 Å². The normalized spacial score (nSPS) is 11.8. The lowest BCUT2D eigenvalue weighted by atomic mass is 9.33. The molecule has 18 aromatic rings. The average molecular weight is 1870 g/mol. The molecule has 0 saturated carbocycles. The number of hydrogen-bond donors (Lipinski definition) is 3. The molecule has 128 heavy (non-hydrogen) atoms. The van der Waals surface area contributed by atoms with Crippen molar-refractivity contribution < 1.29 is 34.7 Å². The van der Waals surface area contributed by atoms with Gasteiger partial charge in [0.15, 0.2) is 7.28 Å². The minimum absolute atomic E-state index is 0. The lowest BCUT2D eigenvalue weighted by Gasteiger charge is -2.45. The van der Waals surface area contributed by atoms with E-state index in [0.717, 1.165) is 117 Å². The number of hydrogen-bond acceptors (Lipinski definition) is 9. The molecule has 3 aliphatic heterocycles. The quantitative estimate of drug-likeness (QED) is 0.0429. The molecule has 1 radical (unpaired) electrons. The number of rotatable bonds is 14. The average Bonchev–Trinajstić information content (AvgIpc) is 0.690. The zero-order chi connectivity index (χ0) is 110. The Bertz CT molecular complexity index is 6400. The number of nitrogen functional groups attached to an aromatic ring is 2. The summed E-state index contributed by atoms with van der Waals surface area (Å²) in [6.45, 7) is -0.0718. The number of anilines is 17. The molecule has 3 aliphatic rings. The van der Waals surface area contributed by atoms with Crippen LogP contribution in [0.25, 0.3) is 11.1 Å². The van der Waals surface area contributed by atoms with Crippen molar-refractivity contribution in [2.45, 2.75) is 50.7 Å². The van der Waals surface area contributed by atoms with E-state index in [9.17, 15) is 0 Å². The fraction of sp³-hybridized carbons (Fsp3) is 0.0439. The summed E-state index contributed by atoms with van der Waals surface area (Å²) in [6.07, 6.45) is 1.03. The van der Waals surface area contributed by atoms with Crippen molar-refractivity contribution in [2.75, 3.05) is 36.0 Å². The second-order valence-electron chi connectivity index (χ2n) is 29.5. The van der Waals surface area contributed by atoms with Crippen LogP contribution >= 0.6 is 56.3 Å². The van der Waals surface area contributed by atoms with Gasteiger partial charge in [-0.25, -0.2) is 0 Å². The largest absolute Gasteiger partial charge is 0.412 e. The van der Waals surface area contributed by atoms with Gasteiger partial charge >= 0.3 is 0 Å². The zero-order valence-electron chi connectivity index (χ0n) is 94.2. The van der Waals surface area contributed by atoms with Crippen LogP contribution in [0.1, 0.15) is 70.0 Å². The van der Waals surface area contributed by atoms with E-state index < -0.39 is 0 Å². The fourth-order valence-electron chi connectivity index (χ4n) is 16.0. The SMILES string of the molecule is Brc1cc(Br)cc(N(c2ccccc2)c2ccccc2)c1.Nc1ccccc1.Nc1ccccc1.Sc1ccccc1-c1cc(N(c2ccccc2)c2ccccc2)cc2c1[B]c1cc3c(cc1S2)N(c1ccccc1)c1cc(N(c2ccccc2)c2ccccc2)cc2c1B3c1ccccc1N2c1ccccc1.[2H]C.[2H]C.[2H]C.[2H]C.[2H]O[2H].[2H][2H].[2H][2H].[2H][2H].[2H][2H].[2H][2H].[2H][2H].[2H][2H].[2H][2H].[CH3-].c1ccc(Cc2ccccc2)cc1. The second kappa shape index (κ2) is 45.5. The maximum absolute atomic E-state index is 5.75. The maximum Gasteiger partial charge on any atom is 0.252 e. The zero-order valence-corrected chi connectivity index (χ0v) is 77.1. The highest BCUT2D eigenvalue weighted by Crippen LogP contribution is 2.50. The Kier molecular flexibility index (Phi) is 27.2. The molecular formula is C114H121B2Br2N7OS2-. The predicted octanol–water partition coefficient (Wildman–Crippen LogP) is 31.4. The molecule has 0 saturated heterocycles. The molecule has 0 bridgehead atoms. The summed E-state index contributed by atoms with van der Waals surface area (Å²) in [4.78, 5) is 15.3. The molecule has 3 heterocycles. The van der Waals surface area contributed by atoms with Gasteiger partial charge in [0, 0.05) is 144 Å². The number of nitrogens with zero attached hydrogens (tertiary/aromatic N) is 5. The van der Waals surface area contributed by atoms with Gasteiger partial charge in [0.2, 0.25) is 2.86 Å². The van der Waals surface area contributed by atoms with E-state index in [2.05, 4.69) is 457 Å². The predicted molar refractivity (Wildman–Crippen MR) is 586 cm³/mol. The Morgan fingerprint density at radius 1 is 0.352 bits per heavy atom. The Morgan fingerprint density at radius 3 is 1.06 bits per heavy atom. The van der Waals surface area contributed by atoms with Gasteiger partial charge in [0.05, 0.1) is 5.69 Å². The van der Waals surface area contributed by atoms with Gasteiger partial charge in [-0.05, 0) is 227 Å². The summed E-state index contributed by atoms with van der Waals surface area (Å²) < 4.78 is 116. The standard InChI is InChI=1S/C66H45B2N4S2.C18H13Br2N.C13H12.2C6H7N.4CH4.CH3.H2O.8H2/c73-62-38-22-19-35-53(62)54-39-51(69(45-23-7-1-8-24-45)46-25-9-2-10-26-46)42-64-65(54)67-55-43-57-59(44-63(55)74-64)72(50-33-17-6-18-34-50)61-41-52(70(47-27-11-3-12-28-47)48-29-13-4-14-30-48)40-60-66(61)68(57)56-36-20-21-37-58(56)71(60)49-31-15-5-16-32-49;19-14-11-15(20)13-18(12-14)21(16-7-3-1-4-8-16)17-9-5-2-6-10-17;1-3-7-12(8-4-1)11-13-9-5-2-6-10-13;2*7-6-4-2-1-3-5-6;;;;;;;;;;;;;;/h1-44,73H;1-13H;1-10H,11H2;2*1-5H,7H2;4*1H4;1H3;1H2;8*1H/q;;;;;;;;;-1;;;;;;;;;/i;;;;;4*1D;;;8*1+1D/hD2. The van der Waals surface area contributed by atoms with E-state index in [1.807, 2.05) is 90.6 Å². The minimum atomic E-state index is -0.0718. The third-order valence-corrected chi connectivity index (χ3v) is 23.8. The van der Waals surface area contributed by atoms with Crippen molar-refractivity contribution in [3.05, 3.63) is 495 Å². The number of thiol groups is 1. The van der Waals surface area contributed by atoms with Crippen LogP contribution in [0.4, 0.5) is 96.7 Å². The van der Waals surface area contributed by atoms with Gasteiger partial charge in [0.1, 0.15) is 0 Å². The van der Waals surface area contributed by atoms with E-state index in [4.69, 9.17) is 56.2 Å². The third-order valence-electron chi connectivity index (χ3n) is 21.4. The van der Waals surface area contributed by atoms with E-state index in [1.54, 1.807) is 0 Å². The Labute approximate surface area is 819 Å². The Balaban J connectivity index is 0.000000615. The molecule has 0 spiro atoms. The summed E-state index contributed by atoms with van der Waals surface area (Å²) in [6, 6.07) is 164. The van der Waals surface area contributed by atoms with Gasteiger partial charge in [-0.15, -0.1) is 12.6 Å². The number of benzene rings is 18. The molecule has 0 amide bonds. The molecule has 8 nitrogen and oxygen atoms in total. The Morgan fingerprint density at radius 2 is 0.680 bits per heavy atom. The molecule has 21 rings (SSSR count). The first-order chi connectivity index (χ1) is 73.5. The number of fused-ring (bicyclic) bond motifs is 6. The van der Waals surface area contributed by atoms with Gasteiger partial charge in [-0.3, -0.25) is 0 Å². The van der Waals surface area contributed by atoms with Crippen LogP contribution in [-0.4, -0.2) is 22.3 Å². The summed E-state index contributed by atoms with van der Waals surface area (Å²) in [5.74, 6) is 0. The van der Waals surface area contributed by atoms with Gasteiger partial charge < -0.3 is 48.9 Å². The highest BCUT2D eigenvalue weighted by Gasteiger charge is 2.45. The summed E-state index contributed by atoms with van der Waals surface area (Å²) in [5, 5.41) is 0. The van der Waals surface area contributed by atoms with Crippen molar-refractivity contribution >= 4 is 194 Å². The monoisotopic (exact) mass is 1870 g/mol. The van der Waals surface area contributed by atoms with Crippen LogP contribution in [-0.2, 0) is 6.42 Å². The van der Waals surface area contributed by atoms with Crippen molar-refractivity contribution in [3.63, 3.8) is 0 Å². The summed E-state index contributed by atoms with van der Waals surface area (Å²) in [5.41, 5.74) is 43.0. The van der Waals surface area contributed by atoms with Crippen molar-refractivity contribution in [2.24, 2.45) is 0 Å². The molecule has 0 atom stereocenters. The first-order valence-electron chi connectivity index (χ1n) is 53.4. The molecule has 651 valence electrons. The Hall–Kier alpha value is -13.7. The number of halogens is 2.